The summed E-state index contributed by atoms with van der Waals surface area (Å²) in [4.78, 5) is 28.6. The van der Waals surface area contributed by atoms with Gasteiger partial charge in [0.05, 0.1) is 18.8 Å². The first kappa shape index (κ1) is 17.7. The number of hydrogen-bond acceptors (Lipinski definition) is 4. The van der Waals surface area contributed by atoms with E-state index in [1.165, 1.54) is 0 Å². The van der Waals surface area contributed by atoms with Crippen molar-refractivity contribution in [3.05, 3.63) is 29.3 Å². The van der Waals surface area contributed by atoms with Crippen molar-refractivity contribution in [2.24, 2.45) is 5.92 Å². The number of benzene rings is 1. The number of nitrogens with zero attached hydrogens (tertiary/aromatic N) is 2. The van der Waals surface area contributed by atoms with E-state index in [1.54, 1.807) is 17.0 Å². The van der Waals surface area contributed by atoms with E-state index in [0.29, 0.717) is 57.3 Å². The fourth-order valence-corrected chi connectivity index (χ4v) is 3.52. The third-order valence-corrected chi connectivity index (χ3v) is 5.11. The first-order valence-corrected chi connectivity index (χ1v) is 8.99. The maximum atomic E-state index is 12.6. The zero-order valence-corrected chi connectivity index (χ0v) is 14.7. The van der Waals surface area contributed by atoms with Gasteiger partial charge in [0, 0.05) is 32.6 Å². The molecule has 3 rings (SSSR count). The number of phenols is 1. The number of hydrogen-bond donors (Lipinski definition) is 1. The second-order valence-corrected chi connectivity index (χ2v) is 6.95. The highest BCUT2D eigenvalue weighted by Crippen LogP contribution is 2.26. The molecule has 2 aliphatic heterocycles. The average molecular weight is 346 g/mol. The Morgan fingerprint density at radius 2 is 1.80 bits per heavy atom. The first-order valence-electron chi connectivity index (χ1n) is 8.99. The van der Waals surface area contributed by atoms with Gasteiger partial charge in [-0.3, -0.25) is 9.59 Å². The summed E-state index contributed by atoms with van der Waals surface area (Å²) in [6, 6.07) is 5.13. The third kappa shape index (κ3) is 4.31. The molecule has 1 aromatic carbocycles. The molecule has 2 saturated heterocycles. The second-order valence-electron chi connectivity index (χ2n) is 6.95. The van der Waals surface area contributed by atoms with E-state index in [-0.39, 0.29) is 17.6 Å². The van der Waals surface area contributed by atoms with E-state index in [1.807, 2.05) is 17.9 Å². The van der Waals surface area contributed by atoms with Crippen LogP contribution < -0.4 is 0 Å². The molecule has 136 valence electrons. The van der Waals surface area contributed by atoms with Crippen LogP contribution in [-0.2, 0) is 9.53 Å². The topological polar surface area (TPSA) is 70.1 Å². The van der Waals surface area contributed by atoms with E-state index < -0.39 is 0 Å². The fourth-order valence-electron chi connectivity index (χ4n) is 3.52. The molecule has 2 fully saturated rings. The molecule has 0 radical (unpaired) electrons. The molecule has 25 heavy (non-hydrogen) atoms. The monoisotopic (exact) mass is 346 g/mol. The van der Waals surface area contributed by atoms with Gasteiger partial charge in [-0.1, -0.05) is 6.07 Å². The van der Waals surface area contributed by atoms with E-state index >= 15 is 0 Å². The number of aromatic hydroxyl groups is 1. The number of phenolic OH excluding ortho intramolecular Hbond substituents is 1. The summed E-state index contributed by atoms with van der Waals surface area (Å²) in [5.74, 6) is 0.431. The highest BCUT2D eigenvalue weighted by molar-refractivity contribution is 5.97. The Kier molecular flexibility index (Phi) is 5.58. The molecule has 0 atom stereocenters. The maximum absolute atomic E-state index is 12.6. The number of carbonyl (C=O) groups excluding carboxylic acids is 2. The summed E-state index contributed by atoms with van der Waals surface area (Å²) in [7, 11) is 0. The number of ether oxygens (including phenoxy) is 1. The van der Waals surface area contributed by atoms with Crippen LogP contribution in [0.2, 0.25) is 0 Å². The van der Waals surface area contributed by atoms with E-state index in [4.69, 9.17) is 4.74 Å². The molecular weight excluding hydrogens is 320 g/mol. The molecule has 0 spiro atoms. The number of morpholine rings is 1. The minimum atomic E-state index is -0.129. The van der Waals surface area contributed by atoms with Gasteiger partial charge in [-0.25, -0.2) is 0 Å². The smallest absolute Gasteiger partial charge is 0.257 e. The predicted octanol–water partition coefficient (Wildman–Crippen LogP) is 1.80. The zero-order chi connectivity index (χ0) is 17.8. The van der Waals surface area contributed by atoms with Gasteiger partial charge in [0.2, 0.25) is 5.91 Å². The van der Waals surface area contributed by atoms with Crippen LogP contribution in [0.5, 0.6) is 5.75 Å². The van der Waals surface area contributed by atoms with Gasteiger partial charge in [0.25, 0.3) is 5.91 Å². The van der Waals surface area contributed by atoms with Crippen molar-refractivity contribution >= 4 is 11.8 Å². The Morgan fingerprint density at radius 3 is 2.44 bits per heavy atom. The third-order valence-electron chi connectivity index (χ3n) is 5.11. The number of piperidine rings is 1. The van der Waals surface area contributed by atoms with Gasteiger partial charge < -0.3 is 19.6 Å². The van der Waals surface area contributed by atoms with Gasteiger partial charge >= 0.3 is 0 Å². The van der Waals surface area contributed by atoms with Crippen LogP contribution >= 0.6 is 0 Å². The molecule has 2 aliphatic rings. The summed E-state index contributed by atoms with van der Waals surface area (Å²) in [6.07, 6.45) is 2.21. The lowest BCUT2D eigenvalue weighted by Crippen LogP contribution is -2.43. The minimum Gasteiger partial charge on any atom is -0.507 e. The molecule has 0 saturated carbocycles. The van der Waals surface area contributed by atoms with Crippen molar-refractivity contribution in [1.82, 2.24) is 9.80 Å². The fraction of sp³-hybridized carbons (Fsp3) is 0.579. The molecule has 0 bridgehead atoms. The molecule has 0 aliphatic carbocycles. The van der Waals surface area contributed by atoms with Crippen LogP contribution in [0.15, 0.2) is 18.2 Å². The van der Waals surface area contributed by atoms with Crippen LogP contribution in [0.1, 0.15) is 35.2 Å². The van der Waals surface area contributed by atoms with E-state index in [2.05, 4.69) is 0 Å². The number of aryl methyl sites for hydroxylation is 1. The Balaban J connectivity index is 1.51. The van der Waals surface area contributed by atoms with Crippen molar-refractivity contribution in [1.29, 1.82) is 0 Å². The molecule has 2 heterocycles. The largest absolute Gasteiger partial charge is 0.507 e. The number of amides is 2. The number of likely N-dealkylation sites (tertiary alicyclic amines) is 1. The predicted molar refractivity (Wildman–Crippen MR) is 93.5 cm³/mol. The highest BCUT2D eigenvalue weighted by Gasteiger charge is 2.28. The molecule has 2 amide bonds. The molecule has 6 nitrogen and oxygen atoms in total. The number of carbonyl (C=O) groups is 2. The van der Waals surface area contributed by atoms with Crippen molar-refractivity contribution in [2.45, 2.75) is 26.2 Å². The molecule has 6 heteroatoms. The second kappa shape index (κ2) is 7.87. The van der Waals surface area contributed by atoms with Gasteiger partial charge in [0.15, 0.2) is 0 Å². The highest BCUT2D eigenvalue weighted by atomic mass is 16.5. The summed E-state index contributed by atoms with van der Waals surface area (Å²) in [5.41, 5.74) is 1.28. The molecule has 0 unspecified atom stereocenters. The van der Waals surface area contributed by atoms with E-state index in [9.17, 15) is 14.7 Å². The average Bonchev–Trinajstić information content (AvgIpc) is 2.62. The van der Waals surface area contributed by atoms with Crippen LogP contribution in [0.25, 0.3) is 0 Å². The lowest BCUT2D eigenvalue weighted by atomic mass is 9.92. The van der Waals surface area contributed by atoms with Crippen molar-refractivity contribution in [3.8, 4) is 5.75 Å². The van der Waals surface area contributed by atoms with Gasteiger partial charge in [-0.05, 0) is 43.4 Å². The van der Waals surface area contributed by atoms with Crippen molar-refractivity contribution < 1.29 is 19.4 Å². The Bertz CT molecular complexity index is 632. The Hall–Kier alpha value is -2.08. The molecular formula is C19H26N2O4. The van der Waals surface area contributed by atoms with Crippen LogP contribution in [0.4, 0.5) is 0 Å². The maximum Gasteiger partial charge on any atom is 0.257 e. The van der Waals surface area contributed by atoms with Crippen LogP contribution in [0, 0.1) is 12.8 Å². The Labute approximate surface area is 148 Å². The molecule has 1 aromatic rings. The minimum absolute atomic E-state index is 0.0367. The molecule has 0 aromatic heterocycles. The Morgan fingerprint density at radius 1 is 1.12 bits per heavy atom. The molecule has 1 N–H and O–H groups in total. The lowest BCUT2D eigenvalue weighted by Gasteiger charge is -2.33. The SMILES string of the molecule is Cc1ccc(C(=O)N2CCC(CC(=O)N3CCOCC3)CC2)c(O)c1. The normalized spacial score (nSPS) is 19.1. The summed E-state index contributed by atoms with van der Waals surface area (Å²) < 4.78 is 5.28. The number of rotatable bonds is 3. The first-order chi connectivity index (χ1) is 12.0. The summed E-state index contributed by atoms with van der Waals surface area (Å²) in [5, 5.41) is 10.00. The van der Waals surface area contributed by atoms with E-state index in [0.717, 1.165) is 18.4 Å². The van der Waals surface area contributed by atoms with Crippen LogP contribution in [-0.4, -0.2) is 66.1 Å². The summed E-state index contributed by atoms with van der Waals surface area (Å²) in [6.45, 7) is 5.76. The zero-order valence-electron chi connectivity index (χ0n) is 14.7. The van der Waals surface area contributed by atoms with Crippen LogP contribution in [0.3, 0.4) is 0 Å². The van der Waals surface area contributed by atoms with Gasteiger partial charge in [-0.2, -0.15) is 0 Å². The van der Waals surface area contributed by atoms with Gasteiger partial charge in [-0.15, -0.1) is 0 Å². The quantitative estimate of drug-likeness (QED) is 0.906. The van der Waals surface area contributed by atoms with Crippen molar-refractivity contribution in [2.75, 3.05) is 39.4 Å². The summed E-state index contributed by atoms with van der Waals surface area (Å²) >= 11 is 0. The van der Waals surface area contributed by atoms with Gasteiger partial charge in [0.1, 0.15) is 5.75 Å². The lowest BCUT2D eigenvalue weighted by molar-refractivity contribution is -0.136. The standard InChI is InChI=1S/C19H26N2O4/c1-14-2-3-16(17(22)12-14)19(24)21-6-4-15(5-7-21)13-18(23)20-8-10-25-11-9-20/h2-3,12,15,22H,4-11,13H2,1H3. The van der Waals surface area contributed by atoms with Crippen molar-refractivity contribution in [3.63, 3.8) is 0 Å².